The molecule has 0 aromatic carbocycles. The molecule has 74 valence electrons. The van der Waals surface area contributed by atoms with Crippen molar-refractivity contribution in [1.82, 2.24) is 19.8 Å². The van der Waals surface area contributed by atoms with E-state index in [4.69, 9.17) is 5.73 Å². The summed E-state index contributed by atoms with van der Waals surface area (Å²) < 4.78 is 1.69. The van der Waals surface area contributed by atoms with E-state index >= 15 is 0 Å². The van der Waals surface area contributed by atoms with E-state index in [1.807, 2.05) is 12.1 Å². The number of fused-ring (bicyclic) bond motifs is 1. The summed E-state index contributed by atoms with van der Waals surface area (Å²) >= 11 is 0. The number of nitrogens with zero attached hydrogens (tertiary/aromatic N) is 4. The fourth-order valence-corrected chi connectivity index (χ4v) is 1.27. The molecule has 5 heteroatoms. The van der Waals surface area contributed by atoms with E-state index in [1.54, 1.807) is 10.7 Å². The van der Waals surface area contributed by atoms with Crippen molar-refractivity contribution in [2.75, 3.05) is 0 Å². The van der Waals surface area contributed by atoms with Gasteiger partial charge in [0.05, 0.1) is 6.04 Å². The summed E-state index contributed by atoms with van der Waals surface area (Å²) in [6.07, 6.45) is 1.70. The van der Waals surface area contributed by atoms with Crippen LogP contribution in [0, 0.1) is 5.92 Å². The Morgan fingerprint density at radius 1 is 1.36 bits per heavy atom. The molecule has 2 N–H and O–H groups in total. The molecule has 2 aromatic heterocycles. The second-order valence-electron chi connectivity index (χ2n) is 3.62. The lowest BCUT2D eigenvalue weighted by Gasteiger charge is -2.12. The van der Waals surface area contributed by atoms with Crippen molar-refractivity contribution < 1.29 is 0 Å². The van der Waals surface area contributed by atoms with E-state index < -0.39 is 0 Å². The molecular weight excluding hydrogens is 178 g/mol. The zero-order chi connectivity index (χ0) is 10.1. The van der Waals surface area contributed by atoms with Crippen LogP contribution in [-0.2, 0) is 0 Å². The molecule has 2 heterocycles. The van der Waals surface area contributed by atoms with Crippen molar-refractivity contribution in [3.05, 3.63) is 24.2 Å². The normalized spacial score (nSPS) is 13.7. The average molecular weight is 191 g/mol. The monoisotopic (exact) mass is 191 g/mol. The summed E-state index contributed by atoms with van der Waals surface area (Å²) in [6, 6.07) is 3.56. The van der Waals surface area contributed by atoms with Crippen molar-refractivity contribution in [1.29, 1.82) is 0 Å². The molecule has 0 saturated heterocycles. The van der Waals surface area contributed by atoms with Crippen LogP contribution in [0.2, 0.25) is 0 Å². The van der Waals surface area contributed by atoms with Crippen molar-refractivity contribution in [2.45, 2.75) is 19.9 Å². The first kappa shape index (κ1) is 9.08. The smallest absolute Gasteiger partial charge is 0.177 e. The molecule has 0 aliphatic carbocycles. The summed E-state index contributed by atoms with van der Waals surface area (Å²) in [5.41, 5.74) is 6.72. The lowest BCUT2D eigenvalue weighted by molar-refractivity contribution is 0.480. The van der Waals surface area contributed by atoms with Gasteiger partial charge in [0, 0.05) is 6.20 Å². The fraction of sp³-hybridized carbons (Fsp3) is 0.444. The van der Waals surface area contributed by atoms with Gasteiger partial charge in [-0.2, -0.15) is 9.61 Å². The van der Waals surface area contributed by atoms with Gasteiger partial charge >= 0.3 is 0 Å². The molecule has 0 amide bonds. The first-order valence-corrected chi connectivity index (χ1v) is 4.62. The van der Waals surface area contributed by atoms with Crippen LogP contribution < -0.4 is 5.73 Å². The summed E-state index contributed by atoms with van der Waals surface area (Å²) in [5, 5.41) is 12.2. The second kappa shape index (κ2) is 3.34. The second-order valence-corrected chi connectivity index (χ2v) is 3.62. The maximum absolute atomic E-state index is 5.98. The van der Waals surface area contributed by atoms with Crippen LogP contribution >= 0.6 is 0 Å². The highest BCUT2D eigenvalue weighted by molar-refractivity contribution is 5.35. The molecule has 0 aliphatic heterocycles. The SMILES string of the molecule is CC(C)[C@H](N)c1nnc2cccnn12. The van der Waals surface area contributed by atoms with Gasteiger partial charge in [-0.3, -0.25) is 0 Å². The Bertz CT molecular complexity index is 433. The van der Waals surface area contributed by atoms with Crippen LogP contribution in [0.15, 0.2) is 18.3 Å². The Morgan fingerprint density at radius 3 is 2.86 bits per heavy atom. The first-order valence-electron chi connectivity index (χ1n) is 4.62. The lowest BCUT2D eigenvalue weighted by atomic mass is 10.1. The summed E-state index contributed by atoms with van der Waals surface area (Å²) in [5.74, 6) is 1.04. The van der Waals surface area contributed by atoms with Gasteiger partial charge in [-0.1, -0.05) is 13.8 Å². The number of hydrogen-bond acceptors (Lipinski definition) is 4. The predicted octanol–water partition coefficient (Wildman–Crippen LogP) is 0.780. The van der Waals surface area contributed by atoms with Crippen LogP contribution in [0.25, 0.3) is 5.65 Å². The third-order valence-corrected chi connectivity index (χ3v) is 2.22. The minimum Gasteiger partial charge on any atom is -0.321 e. The fourth-order valence-electron chi connectivity index (χ4n) is 1.27. The third kappa shape index (κ3) is 1.35. The quantitative estimate of drug-likeness (QED) is 0.761. The molecular formula is C9H13N5. The van der Waals surface area contributed by atoms with E-state index in [1.165, 1.54) is 0 Å². The molecule has 0 radical (unpaired) electrons. The van der Waals surface area contributed by atoms with Gasteiger partial charge in [0.15, 0.2) is 11.5 Å². The van der Waals surface area contributed by atoms with Crippen LogP contribution in [0.3, 0.4) is 0 Å². The first-order chi connectivity index (χ1) is 6.70. The van der Waals surface area contributed by atoms with Gasteiger partial charge in [0.25, 0.3) is 0 Å². The minimum atomic E-state index is -0.125. The highest BCUT2D eigenvalue weighted by atomic mass is 15.4. The highest BCUT2D eigenvalue weighted by Crippen LogP contribution is 2.16. The summed E-state index contributed by atoms with van der Waals surface area (Å²) in [4.78, 5) is 0. The maximum atomic E-state index is 5.98. The molecule has 0 fully saturated rings. The van der Waals surface area contributed by atoms with Crippen LogP contribution in [-0.4, -0.2) is 19.8 Å². The topological polar surface area (TPSA) is 69.1 Å². The standard InChI is InChI=1S/C9H13N5/c1-6(2)8(10)9-13-12-7-4-3-5-11-14(7)9/h3-6,8H,10H2,1-2H3/t8-/m0/s1. The Hall–Kier alpha value is -1.49. The molecule has 0 spiro atoms. The molecule has 14 heavy (non-hydrogen) atoms. The minimum absolute atomic E-state index is 0.125. The Balaban J connectivity index is 2.53. The molecule has 2 rings (SSSR count). The molecule has 0 saturated carbocycles. The molecule has 2 aromatic rings. The van der Waals surface area contributed by atoms with Crippen molar-refractivity contribution >= 4 is 5.65 Å². The van der Waals surface area contributed by atoms with Crippen LogP contribution in [0.1, 0.15) is 25.7 Å². The maximum Gasteiger partial charge on any atom is 0.177 e. The molecule has 0 aliphatic rings. The largest absolute Gasteiger partial charge is 0.321 e. The Morgan fingerprint density at radius 2 is 2.14 bits per heavy atom. The predicted molar refractivity (Wildman–Crippen MR) is 52.5 cm³/mol. The van der Waals surface area contributed by atoms with Crippen LogP contribution in [0.4, 0.5) is 0 Å². The molecule has 0 bridgehead atoms. The Labute approximate surface area is 81.9 Å². The van der Waals surface area contributed by atoms with Gasteiger partial charge in [0.2, 0.25) is 0 Å². The lowest BCUT2D eigenvalue weighted by Crippen LogP contribution is -2.20. The summed E-state index contributed by atoms with van der Waals surface area (Å²) in [7, 11) is 0. The molecule has 5 nitrogen and oxygen atoms in total. The van der Waals surface area contributed by atoms with Crippen molar-refractivity contribution in [3.8, 4) is 0 Å². The van der Waals surface area contributed by atoms with E-state index in [2.05, 4.69) is 29.1 Å². The van der Waals surface area contributed by atoms with E-state index in [0.717, 1.165) is 11.5 Å². The van der Waals surface area contributed by atoms with E-state index in [-0.39, 0.29) is 6.04 Å². The van der Waals surface area contributed by atoms with Crippen molar-refractivity contribution in [2.24, 2.45) is 11.7 Å². The van der Waals surface area contributed by atoms with E-state index in [9.17, 15) is 0 Å². The van der Waals surface area contributed by atoms with Gasteiger partial charge in [-0.25, -0.2) is 0 Å². The van der Waals surface area contributed by atoms with Gasteiger partial charge < -0.3 is 5.73 Å². The average Bonchev–Trinajstić information content (AvgIpc) is 2.60. The highest BCUT2D eigenvalue weighted by Gasteiger charge is 2.17. The number of aromatic nitrogens is 4. The number of hydrogen-bond donors (Lipinski definition) is 1. The van der Waals surface area contributed by atoms with Crippen LogP contribution in [0.5, 0.6) is 0 Å². The van der Waals surface area contributed by atoms with Gasteiger partial charge in [0.1, 0.15) is 0 Å². The van der Waals surface area contributed by atoms with Crippen molar-refractivity contribution in [3.63, 3.8) is 0 Å². The Kier molecular flexibility index (Phi) is 2.17. The number of nitrogens with two attached hydrogens (primary N) is 1. The zero-order valence-corrected chi connectivity index (χ0v) is 8.25. The van der Waals surface area contributed by atoms with Gasteiger partial charge in [-0.05, 0) is 18.1 Å². The third-order valence-electron chi connectivity index (χ3n) is 2.22. The van der Waals surface area contributed by atoms with Gasteiger partial charge in [-0.15, -0.1) is 10.2 Å². The number of rotatable bonds is 2. The summed E-state index contributed by atoms with van der Waals surface area (Å²) in [6.45, 7) is 4.10. The molecule has 1 atom stereocenters. The van der Waals surface area contributed by atoms with E-state index in [0.29, 0.717) is 5.92 Å². The zero-order valence-electron chi connectivity index (χ0n) is 8.25. The molecule has 0 unspecified atom stereocenters.